The van der Waals surface area contributed by atoms with Gasteiger partial charge in [0.05, 0.1) is 30.3 Å². The average molecular weight is 299 g/mol. The third-order valence-corrected chi connectivity index (χ3v) is 5.35. The molecule has 0 aromatic heterocycles. The zero-order valence-corrected chi connectivity index (χ0v) is 11.5. The van der Waals surface area contributed by atoms with Crippen molar-refractivity contribution in [3.05, 3.63) is 35.6 Å². The first-order chi connectivity index (χ1) is 9.46. The topological polar surface area (TPSA) is 63.7 Å². The molecule has 1 aromatic carbocycles. The van der Waals surface area contributed by atoms with Crippen molar-refractivity contribution in [1.29, 1.82) is 0 Å². The quantitative estimate of drug-likeness (QED) is 0.756. The van der Waals surface area contributed by atoms with Gasteiger partial charge in [0, 0.05) is 12.1 Å². The second-order valence-corrected chi connectivity index (χ2v) is 7.22. The molecule has 108 valence electrons. The molecular weight excluding hydrogens is 285 g/mol. The van der Waals surface area contributed by atoms with Crippen LogP contribution in [0, 0.1) is 5.82 Å². The molecule has 3 rings (SSSR count). The minimum absolute atomic E-state index is 0.0510. The molecule has 7 heteroatoms. The lowest BCUT2D eigenvalue weighted by Crippen LogP contribution is -2.53. The maximum absolute atomic E-state index is 13.2. The minimum atomic E-state index is -3.18. The fraction of sp³-hybridized carbons (Fsp3) is 0.462. The Kier molecular flexibility index (Phi) is 3.25. The Labute approximate surface area is 116 Å². The van der Waals surface area contributed by atoms with Gasteiger partial charge in [0.2, 0.25) is 0 Å². The fourth-order valence-corrected chi connectivity index (χ4v) is 4.62. The number of carbonyl (C=O) groups excluding carboxylic acids is 1. The Hall–Kier alpha value is -1.47. The van der Waals surface area contributed by atoms with E-state index in [2.05, 4.69) is 0 Å². The van der Waals surface area contributed by atoms with Gasteiger partial charge in [-0.15, -0.1) is 0 Å². The summed E-state index contributed by atoms with van der Waals surface area (Å²) in [6.45, 7) is 0.629. The second-order valence-electron chi connectivity index (χ2n) is 5.06. The van der Waals surface area contributed by atoms with E-state index < -0.39 is 27.8 Å². The number of amides is 1. The molecule has 2 aliphatic rings. The van der Waals surface area contributed by atoms with Crippen molar-refractivity contribution in [2.24, 2.45) is 0 Å². The van der Waals surface area contributed by atoms with Crippen LogP contribution in [0.1, 0.15) is 10.4 Å². The molecule has 20 heavy (non-hydrogen) atoms. The van der Waals surface area contributed by atoms with Crippen LogP contribution in [0.3, 0.4) is 0 Å². The van der Waals surface area contributed by atoms with Crippen molar-refractivity contribution in [3.8, 4) is 0 Å². The van der Waals surface area contributed by atoms with E-state index >= 15 is 0 Å². The van der Waals surface area contributed by atoms with Crippen LogP contribution >= 0.6 is 0 Å². The summed E-state index contributed by atoms with van der Waals surface area (Å²) < 4.78 is 42.0. The van der Waals surface area contributed by atoms with Gasteiger partial charge in [-0.1, -0.05) is 6.07 Å². The summed E-state index contributed by atoms with van der Waals surface area (Å²) in [6, 6.07) is 4.95. The summed E-state index contributed by atoms with van der Waals surface area (Å²) >= 11 is 0. The van der Waals surface area contributed by atoms with E-state index in [1.165, 1.54) is 23.1 Å². The Morgan fingerprint density at radius 3 is 2.90 bits per heavy atom. The molecule has 5 nitrogen and oxygen atoms in total. The molecule has 0 N–H and O–H groups in total. The van der Waals surface area contributed by atoms with Crippen molar-refractivity contribution in [1.82, 2.24) is 4.90 Å². The van der Waals surface area contributed by atoms with Crippen molar-refractivity contribution in [2.45, 2.75) is 12.1 Å². The number of ether oxygens (including phenoxy) is 1. The molecule has 2 heterocycles. The number of rotatable bonds is 1. The zero-order chi connectivity index (χ0) is 14.3. The van der Waals surface area contributed by atoms with Crippen LogP contribution in [0.2, 0.25) is 0 Å². The largest absolute Gasteiger partial charge is 0.373 e. The average Bonchev–Trinajstić information content (AvgIpc) is 2.71. The Morgan fingerprint density at radius 1 is 1.35 bits per heavy atom. The summed E-state index contributed by atoms with van der Waals surface area (Å²) in [4.78, 5) is 13.9. The molecule has 1 amide bonds. The second kappa shape index (κ2) is 4.82. The number of carbonyl (C=O) groups is 1. The van der Waals surface area contributed by atoms with Gasteiger partial charge in [-0.3, -0.25) is 4.79 Å². The number of nitrogens with zero attached hydrogens (tertiary/aromatic N) is 1. The van der Waals surface area contributed by atoms with Crippen LogP contribution in [-0.4, -0.2) is 56.0 Å². The summed E-state index contributed by atoms with van der Waals surface area (Å²) in [5, 5.41) is 0. The smallest absolute Gasteiger partial charge is 0.254 e. The van der Waals surface area contributed by atoms with Crippen molar-refractivity contribution < 1.29 is 22.3 Å². The Morgan fingerprint density at radius 2 is 2.15 bits per heavy atom. The molecule has 0 aliphatic carbocycles. The van der Waals surface area contributed by atoms with Crippen molar-refractivity contribution in [3.63, 3.8) is 0 Å². The van der Waals surface area contributed by atoms with Crippen LogP contribution in [0.15, 0.2) is 24.3 Å². The lowest BCUT2D eigenvalue weighted by atomic mass is 10.1. The van der Waals surface area contributed by atoms with Crippen LogP contribution in [0.5, 0.6) is 0 Å². The summed E-state index contributed by atoms with van der Waals surface area (Å²) in [5.74, 6) is -0.969. The molecule has 2 saturated heterocycles. The molecular formula is C13H14FNO4S. The fourth-order valence-electron chi connectivity index (χ4n) is 2.75. The van der Waals surface area contributed by atoms with Crippen LogP contribution in [0.25, 0.3) is 0 Å². The number of morpholine rings is 1. The molecule has 0 bridgehead atoms. The van der Waals surface area contributed by atoms with Gasteiger partial charge in [-0.05, 0) is 18.2 Å². The lowest BCUT2D eigenvalue weighted by Gasteiger charge is -2.36. The third-order valence-electron chi connectivity index (χ3n) is 3.67. The van der Waals surface area contributed by atoms with Crippen LogP contribution < -0.4 is 0 Å². The summed E-state index contributed by atoms with van der Waals surface area (Å²) in [7, 11) is -3.18. The van der Waals surface area contributed by atoms with E-state index in [4.69, 9.17) is 4.74 Å². The lowest BCUT2D eigenvalue weighted by molar-refractivity contribution is -0.0361. The number of hydrogen-bond donors (Lipinski definition) is 0. The monoisotopic (exact) mass is 299 g/mol. The van der Waals surface area contributed by atoms with E-state index in [-0.39, 0.29) is 23.0 Å². The highest BCUT2D eigenvalue weighted by atomic mass is 32.2. The van der Waals surface area contributed by atoms with E-state index in [1.807, 2.05) is 0 Å². The van der Waals surface area contributed by atoms with E-state index in [0.29, 0.717) is 13.2 Å². The summed E-state index contributed by atoms with van der Waals surface area (Å²) in [5.41, 5.74) is 0.231. The summed E-state index contributed by atoms with van der Waals surface area (Å²) in [6.07, 6.45) is -0.466. The van der Waals surface area contributed by atoms with Gasteiger partial charge in [-0.2, -0.15) is 0 Å². The highest BCUT2D eigenvalue weighted by molar-refractivity contribution is 7.91. The molecule has 0 spiro atoms. The first-order valence-electron chi connectivity index (χ1n) is 6.35. The molecule has 2 aliphatic heterocycles. The standard InChI is InChI=1S/C13H14FNO4S/c14-10-3-1-2-9(6-10)13(16)15-4-5-19-12-8-20(17,18)7-11(12)15/h1-3,6,11-12H,4-5,7-8H2. The van der Waals surface area contributed by atoms with E-state index in [9.17, 15) is 17.6 Å². The molecule has 0 radical (unpaired) electrons. The van der Waals surface area contributed by atoms with Gasteiger partial charge in [-0.25, -0.2) is 12.8 Å². The molecule has 0 saturated carbocycles. The van der Waals surface area contributed by atoms with Gasteiger partial charge in [0.1, 0.15) is 5.82 Å². The van der Waals surface area contributed by atoms with Crippen LogP contribution in [0.4, 0.5) is 4.39 Å². The maximum atomic E-state index is 13.2. The normalized spacial score (nSPS) is 28.1. The maximum Gasteiger partial charge on any atom is 0.254 e. The number of hydrogen-bond acceptors (Lipinski definition) is 4. The van der Waals surface area contributed by atoms with Gasteiger partial charge in [0.25, 0.3) is 5.91 Å². The molecule has 2 unspecified atom stereocenters. The van der Waals surface area contributed by atoms with Gasteiger partial charge in [0.15, 0.2) is 9.84 Å². The Bertz CT molecular complexity index is 646. The number of benzene rings is 1. The highest BCUT2D eigenvalue weighted by Gasteiger charge is 2.45. The predicted octanol–water partition coefficient (Wildman–Crippen LogP) is 0.464. The highest BCUT2D eigenvalue weighted by Crippen LogP contribution is 2.26. The number of fused-ring (bicyclic) bond motifs is 1. The Balaban J connectivity index is 1.88. The van der Waals surface area contributed by atoms with Gasteiger partial charge < -0.3 is 9.64 Å². The van der Waals surface area contributed by atoms with E-state index in [1.54, 1.807) is 0 Å². The van der Waals surface area contributed by atoms with Crippen LogP contribution in [-0.2, 0) is 14.6 Å². The SMILES string of the molecule is O=C(c1cccc(F)c1)N1CCOC2CS(=O)(=O)CC21. The molecule has 2 atom stereocenters. The number of sulfone groups is 1. The van der Waals surface area contributed by atoms with Crippen molar-refractivity contribution in [2.75, 3.05) is 24.7 Å². The minimum Gasteiger partial charge on any atom is -0.373 e. The zero-order valence-electron chi connectivity index (χ0n) is 10.7. The van der Waals surface area contributed by atoms with E-state index in [0.717, 1.165) is 6.07 Å². The number of halogens is 1. The molecule has 2 fully saturated rings. The predicted molar refractivity (Wildman–Crippen MR) is 69.6 cm³/mol. The van der Waals surface area contributed by atoms with Gasteiger partial charge >= 0.3 is 0 Å². The first kappa shape index (κ1) is 13.5. The third kappa shape index (κ3) is 2.43. The molecule has 1 aromatic rings. The van der Waals surface area contributed by atoms with Crippen molar-refractivity contribution >= 4 is 15.7 Å². The first-order valence-corrected chi connectivity index (χ1v) is 8.17.